The van der Waals surface area contributed by atoms with E-state index >= 15 is 0 Å². The van der Waals surface area contributed by atoms with Gasteiger partial charge in [0.2, 0.25) is 0 Å². The molecule has 7 heteroatoms. The fourth-order valence-corrected chi connectivity index (χ4v) is 5.66. The van der Waals surface area contributed by atoms with Crippen LogP contribution in [0.2, 0.25) is 0 Å². The van der Waals surface area contributed by atoms with Crippen molar-refractivity contribution in [2.24, 2.45) is 0 Å². The van der Waals surface area contributed by atoms with Crippen molar-refractivity contribution in [2.75, 3.05) is 13.1 Å². The average Bonchev–Trinajstić information content (AvgIpc) is 3.37. The van der Waals surface area contributed by atoms with Crippen LogP contribution in [-0.4, -0.2) is 42.9 Å². The van der Waals surface area contributed by atoms with Crippen LogP contribution in [0.4, 0.5) is 0 Å². The lowest BCUT2D eigenvalue weighted by Gasteiger charge is -2.32. The number of imidazole rings is 1. The molecule has 1 fully saturated rings. The largest absolute Gasteiger partial charge is 0.323 e. The Labute approximate surface area is 225 Å². The Morgan fingerprint density at radius 2 is 1.49 bits per heavy atom. The normalized spacial score (nSPS) is 14.8. The fraction of sp³-hybridized carbons (Fsp3) is 0.188. The van der Waals surface area contributed by atoms with Gasteiger partial charge >= 0.3 is 5.69 Å². The molecule has 0 bridgehead atoms. The van der Waals surface area contributed by atoms with Crippen molar-refractivity contribution in [1.82, 2.24) is 29.8 Å². The van der Waals surface area contributed by atoms with Gasteiger partial charge < -0.3 is 9.97 Å². The number of hydrogen-bond donors (Lipinski definition) is 2. The zero-order valence-electron chi connectivity index (χ0n) is 21.5. The van der Waals surface area contributed by atoms with Gasteiger partial charge in [-0.2, -0.15) is 0 Å². The molecule has 0 unspecified atom stereocenters. The van der Waals surface area contributed by atoms with Crippen LogP contribution >= 0.6 is 0 Å². The number of nitrogens with one attached hydrogen (secondary N) is 2. The van der Waals surface area contributed by atoms with E-state index in [1.807, 2.05) is 30.3 Å². The summed E-state index contributed by atoms with van der Waals surface area (Å²) in [5.74, 6) is 0.518. The predicted molar refractivity (Wildman–Crippen MR) is 154 cm³/mol. The number of likely N-dealkylation sites (tertiary alicyclic amines) is 1. The van der Waals surface area contributed by atoms with Gasteiger partial charge in [-0.25, -0.2) is 14.8 Å². The van der Waals surface area contributed by atoms with Crippen LogP contribution < -0.4 is 5.69 Å². The Hall–Kier alpha value is -4.62. The predicted octanol–water partition coefficient (Wildman–Crippen LogP) is 5.91. The summed E-state index contributed by atoms with van der Waals surface area (Å²) >= 11 is 0. The van der Waals surface area contributed by atoms with Crippen LogP contribution in [0.15, 0.2) is 96.1 Å². The van der Waals surface area contributed by atoms with Crippen molar-refractivity contribution in [3.63, 3.8) is 0 Å². The van der Waals surface area contributed by atoms with Gasteiger partial charge in [-0.1, -0.05) is 60.7 Å². The molecule has 0 amide bonds. The molecule has 7 nitrogen and oxygen atoms in total. The molecule has 0 radical (unpaired) electrons. The van der Waals surface area contributed by atoms with E-state index in [4.69, 9.17) is 9.97 Å². The van der Waals surface area contributed by atoms with Gasteiger partial charge in [0.05, 0.1) is 34.1 Å². The Morgan fingerprint density at radius 1 is 0.769 bits per heavy atom. The summed E-state index contributed by atoms with van der Waals surface area (Å²) in [5, 5.41) is 0. The molecule has 3 aromatic heterocycles. The molecule has 6 aromatic rings. The Bertz CT molecular complexity index is 1820. The first-order valence-electron chi connectivity index (χ1n) is 13.4. The number of rotatable bonds is 5. The number of H-pyrrole nitrogens is 2. The lowest BCUT2D eigenvalue weighted by atomic mass is 9.89. The highest BCUT2D eigenvalue weighted by Crippen LogP contribution is 2.32. The number of benzene rings is 3. The van der Waals surface area contributed by atoms with E-state index in [-0.39, 0.29) is 5.69 Å². The van der Waals surface area contributed by atoms with E-state index in [2.05, 4.69) is 68.4 Å². The fourth-order valence-electron chi connectivity index (χ4n) is 5.66. The van der Waals surface area contributed by atoms with Crippen molar-refractivity contribution >= 4 is 22.1 Å². The lowest BCUT2D eigenvalue weighted by molar-refractivity contribution is 0.204. The molecule has 0 aliphatic carbocycles. The van der Waals surface area contributed by atoms with Crippen LogP contribution in [0.25, 0.3) is 44.6 Å². The van der Waals surface area contributed by atoms with Crippen LogP contribution in [0.5, 0.6) is 0 Å². The smallest absolute Gasteiger partial charge is 0.306 e. The lowest BCUT2D eigenvalue weighted by Crippen LogP contribution is -2.32. The molecule has 0 atom stereocenters. The highest BCUT2D eigenvalue weighted by atomic mass is 16.1. The van der Waals surface area contributed by atoms with Crippen LogP contribution in [0, 0.1) is 0 Å². The summed E-state index contributed by atoms with van der Waals surface area (Å²) in [5.41, 5.74) is 9.70. The molecule has 1 aliphatic rings. The minimum atomic E-state index is -0.149. The number of nitrogens with zero attached hydrogens (tertiary/aromatic N) is 4. The summed E-state index contributed by atoms with van der Waals surface area (Å²) in [6.07, 6.45) is 5.75. The van der Waals surface area contributed by atoms with Gasteiger partial charge in [0, 0.05) is 23.9 Å². The third-order valence-corrected chi connectivity index (χ3v) is 7.75. The zero-order valence-corrected chi connectivity index (χ0v) is 21.5. The first-order chi connectivity index (χ1) is 19.2. The highest BCUT2D eigenvalue weighted by Gasteiger charge is 2.21. The number of piperidine rings is 1. The van der Waals surface area contributed by atoms with Crippen molar-refractivity contribution in [3.05, 3.63) is 113 Å². The molecule has 39 heavy (non-hydrogen) atoms. The summed E-state index contributed by atoms with van der Waals surface area (Å²) in [4.78, 5) is 34.0. The highest BCUT2D eigenvalue weighted by molar-refractivity contribution is 5.85. The maximum atomic E-state index is 11.6. The summed E-state index contributed by atoms with van der Waals surface area (Å²) in [7, 11) is 0. The summed E-state index contributed by atoms with van der Waals surface area (Å²) in [6, 6.07) is 27.2. The van der Waals surface area contributed by atoms with Crippen molar-refractivity contribution < 1.29 is 0 Å². The molecule has 3 aromatic carbocycles. The van der Waals surface area contributed by atoms with E-state index in [1.165, 1.54) is 11.1 Å². The number of aromatic nitrogens is 5. The second-order valence-corrected chi connectivity index (χ2v) is 10.3. The number of pyridine rings is 1. The van der Waals surface area contributed by atoms with Gasteiger partial charge in [-0.15, -0.1) is 0 Å². The maximum Gasteiger partial charge on any atom is 0.323 e. The minimum absolute atomic E-state index is 0.149. The maximum absolute atomic E-state index is 11.6. The molecule has 4 heterocycles. The monoisotopic (exact) mass is 512 g/mol. The van der Waals surface area contributed by atoms with Crippen molar-refractivity contribution in [2.45, 2.75) is 25.3 Å². The standard InChI is InChI=1S/C32H28N6O/c39-32-36-26-11-10-25(18-28(26)37-32)22-13-16-38(17-14-22)20-21-6-8-24(9-7-21)31-30(23-4-2-1-3-5-23)35-29-19-33-15-12-27(29)34-31/h1-12,15,18-19,22H,13-14,16-17,20H2,(H2,36,37,39). The molecular formula is C32H28N6O. The van der Waals surface area contributed by atoms with Crippen LogP contribution in [0.1, 0.15) is 29.9 Å². The molecule has 1 saturated heterocycles. The first kappa shape index (κ1) is 23.5. The minimum Gasteiger partial charge on any atom is -0.306 e. The first-order valence-corrected chi connectivity index (χ1v) is 13.4. The molecule has 7 rings (SSSR count). The zero-order chi connectivity index (χ0) is 26.2. The number of aromatic amines is 2. The topological polar surface area (TPSA) is 90.6 Å². The van der Waals surface area contributed by atoms with E-state index in [0.717, 1.165) is 77.1 Å². The Balaban J connectivity index is 1.08. The third kappa shape index (κ3) is 4.73. The van der Waals surface area contributed by atoms with Gasteiger partial charge in [0.25, 0.3) is 0 Å². The Morgan fingerprint density at radius 3 is 2.28 bits per heavy atom. The van der Waals surface area contributed by atoms with Crippen molar-refractivity contribution in [3.8, 4) is 22.5 Å². The molecular weight excluding hydrogens is 484 g/mol. The SMILES string of the molecule is O=c1[nH]c2ccc(C3CCN(Cc4ccc(-c5nc6ccncc6nc5-c5ccccc5)cc4)CC3)cc2[nH]1. The van der Waals surface area contributed by atoms with Gasteiger partial charge in [0.15, 0.2) is 0 Å². The van der Waals surface area contributed by atoms with Gasteiger partial charge in [0.1, 0.15) is 5.52 Å². The molecule has 192 valence electrons. The van der Waals surface area contributed by atoms with Crippen LogP contribution in [0.3, 0.4) is 0 Å². The van der Waals surface area contributed by atoms with Crippen molar-refractivity contribution in [1.29, 1.82) is 0 Å². The van der Waals surface area contributed by atoms with Crippen LogP contribution in [-0.2, 0) is 6.54 Å². The quantitative estimate of drug-likeness (QED) is 0.300. The third-order valence-electron chi connectivity index (χ3n) is 7.75. The van der Waals surface area contributed by atoms with E-state index in [0.29, 0.717) is 5.92 Å². The van der Waals surface area contributed by atoms with E-state index in [9.17, 15) is 4.79 Å². The van der Waals surface area contributed by atoms with E-state index < -0.39 is 0 Å². The number of hydrogen-bond acceptors (Lipinski definition) is 5. The van der Waals surface area contributed by atoms with Gasteiger partial charge in [-0.05, 0) is 61.2 Å². The molecule has 2 N–H and O–H groups in total. The second-order valence-electron chi connectivity index (χ2n) is 10.3. The average molecular weight is 513 g/mol. The van der Waals surface area contributed by atoms with Gasteiger partial charge in [-0.3, -0.25) is 9.88 Å². The molecule has 0 spiro atoms. The summed E-state index contributed by atoms with van der Waals surface area (Å²) in [6.45, 7) is 3.03. The number of fused-ring (bicyclic) bond motifs is 2. The Kier molecular flexibility index (Phi) is 5.98. The van der Waals surface area contributed by atoms with E-state index in [1.54, 1.807) is 12.4 Å². The molecule has 0 saturated carbocycles. The summed E-state index contributed by atoms with van der Waals surface area (Å²) < 4.78 is 0. The molecule has 1 aliphatic heterocycles. The second kappa shape index (κ2) is 9.93.